The van der Waals surface area contributed by atoms with E-state index in [1.54, 1.807) is 0 Å². The Hall–Kier alpha value is -2.37. The van der Waals surface area contributed by atoms with E-state index in [2.05, 4.69) is 27.3 Å². The topological polar surface area (TPSA) is 49.4 Å². The lowest BCUT2D eigenvalue weighted by Crippen LogP contribution is -2.03. The van der Waals surface area contributed by atoms with Crippen molar-refractivity contribution in [3.05, 3.63) is 75.9 Å². The molecule has 0 saturated heterocycles. The van der Waals surface area contributed by atoms with Crippen molar-refractivity contribution in [1.29, 1.82) is 0 Å². The number of rotatable bonds is 3. The van der Waals surface area contributed by atoms with Crippen LogP contribution in [0.3, 0.4) is 0 Å². The summed E-state index contributed by atoms with van der Waals surface area (Å²) in [6.07, 6.45) is 2.67. The lowest BCUT2D eigenvalue weighted by Gasteiger charge is -2.08. The predicted molar refractivity (Wildman–Crippen MR) is 94.9 cm³/mol. The van der Waals surface area contributed by atoms with Gasteiger partial charge in [0.25, 0.3) is 0 Å². The van der Waals surface area contributed by atoms with Crippen molar-refractivity contribution in [2.24, 2.45) is 0 Å². The molecule has 0 aliphatic heterocycles. The van der Waals surface area contributed by atoms with E-state index in [-0.39, 0.29) is 0 Å². The molecule has 0 bridgehead atoms. The highest BCUT2D eigenvalue weighted by Gasteiger charge is 2.13. The van der Waals surface area contributed by atoms with E-state index in [0.717, 1.165) is 17.0 Å². The van der Waals surface area contributed by atoms with Crippen LogP contribution in [0, 0.1) is 4.77 Å². The zero-order valence-corrected chi connectivity index (χ0v) is 13.7. The Morgan fingerprint density at radius 2 is 1.87 bits per heavy atom. The second kappa shape index (κ2) is 5.68. The fraction of sp³-hybridized carbons (Fsp3) is 0.0588. The Bertz CT molecular complexity index is 1040. The van der Waals surface area contributed by atoms with Crippen LogP contribution in [-0.4, -0.2) is 19.7 Å². The number of halogens is 1. The Labute approximate surface area is 142 Å². The molecule has 0 aliphatic carbocycles. The number of fused-ring (bicyclic) bond motifs is 1. The molecule has 2 N–H and O–H groups in total. The first-order chi connectivity index (χ1) is 11.2. The number of H-pyrrole nitrogens is 2. The molecule has 4 rings (SSSR count). The van der Waals surface area contributed by atoms with Gasteiger partial charge in [-0.15, -0.1) is 0 Å². The van der Waals surface area contributed by atoms with Crippen molar-refractivity contribution >= 4 is 34.7 Å². The standard InChI is InChI=1S/C17H13ClN4S/c18-13-6-2-4-8-15(13)22-16(20-21-17(22)23)9-11-10-19-14-7-3-1-5-12(11)14/h1-8,10,19H,9H2,(H,21,23). The normalized spacial score (nSPS) is 11.2. The molecule has 4 aromatic rings. The quantitative estimate of drug-likeness (QED) is 0.533. The van der Waals surface area contributed by atoms with Crippen LogP contribution in [0.1, 0.15) is 11.4 Å². The van der Waals surface area contributed by atoms with Gasteiger partial charge in [-0.25, -0.2) is 0 Å². The van der Waals surface area contributed by atoms with Crippen LogP contribution in [-0.2, 0) is 6.42 Å². The van der Waals surface area contributed by atoms with Gasteiger partial charge in [-0.1, -0.05) is 41.9 Å². The summed E-state index contributed by atoms with van der Waals surface area (Å²) in [6, 6.07) is 15.8. The summed E-state index contributed by atoms with van der Waals surface area (Å²) < 4.78 is 2.42. The number of hydrogen-bond acceptors (Lipinski definition) is 2. The summed E-state index contributed by atoms with van der Waals surface area (Å²) in [5, 5.41) is 9.09. The van der Waals surface area contributed by atoms with Crippen LogP contribution in [0.25, 0.3) is 16.6 Å². The zero-order chi connectivity index (χ0) is 15.8. The van der Waals surface area contributed by atoms with Gasteiger partial charge in [0.1, 0.15) is 5.82 Å². The first-order valence-electron chi connectivity index (χ1n) is 7.20. The number of nitrogens with one attached hydrogen (secondary N) is 2. The van der Waals surface area contributed by atoms with Crippen LogP contribution in [0.4, 0.5) is 0 Å². The van der Waals surface area contributed by atoms with Crippen molar-refractivity contribution in [2.75, 3.05) is 0 Å². The Morgan fingerprint density at radius 3 is 2.74 bits per heavy atom. The van der Waals surface area contributed by atoms with Crippen LogP contribution in [0.2, 0.25) is 5.02 Å². The van der Waals surface area contributed by atoms with E-state index in [1.165, 1.54) is 10.9 Å². The number of para-hydroxylation sites is 2. The van der Waals surface area contributed by atoms with E-state index in [4.69, 9.17) is 23.8 Å². The van der Waals surface area contributed by atoms with Gasteiger partial charge in [0, 0.05) is 23.5 Å². The summed E-state index contributed by atoms with van der Waals surface area (Å²) in [5.41, 5.74) is 3.12. The van der Waals surface area contributed by atoms with Gasteiger partial charge < -0.3 is 4.98 Å². The van der Waals surface area contributed by atoms with Gasteiger partial charge in [0.15, 0.2) is 4.77 Å². The predicted octanol–water partition coefficient (Wildman–Crippen LogP) is 4.66. The molecule has 0 radical (unpaired) electrons. The van der Waals surface area contributed by atoms with Crippen molar-refractivity contribution in [3.8, 4) is 5.69 Å². The zero-order valence-electron chi connectivity index (χ0n) is 12.1. The molecule has 0 spiro atoms. The van der Waals surface area contributed by atoms with E-state index in [9.17, 15) is 0 Å². The molecule has 0 amide bonds. The van der Waals surface area contributed by atoms with Crippen LogP contribution < -0.4 is 0 Å². The largest absolute Gasteiger partial charge is 0.361 e. The van der Waals surface area contributed by atoms with Gasteiger partial charge in [0.05, 0.1) is 10.7 Å². The number of hydrogen-bond donors (Lipinski definition) is 2. The maximum atomic E-state index is 6.32. The van der Waals surface area contributed by atoms with E-state index < -0.39 is 0 Å². The number of nitrogens with zero attached hydrogens (tertiary/aromatic N) is 2. The molecule has 0 fully saturated rings. The highest BCUT2D eigenvalue weighted by atomic mass is 35.5. The number of aromatic amines is 2. The molecule has 4 nitrogen and oxygen atoms in total. The Balaban J connectivity index is 1.82. The van der Waals surface area contributed by atoms with Gasteiger partial charge >= 0.3 is 0 Å². The second-order valence-electron chi connectivity index (χ2n) is 5.27. The lowest BCUT2D eigenvalue weighted by atomic mass is 10.1. The molecular formula is C17H13ClN4S. The summed E-state index contributed by atoms with van der Waals surface area (Å²) in [7, 11) is 0. The molecule has 2 heterocycles. The minimum absolute atomic E-state index is 0.535. The monoisotopic (exact) mass is 340 g/mol. The second-order valence-corrected chi connectivity index (χ2v) is 6.06. The van der Waals surface area contributed by atoms with Gasteiger partial charge in [0.2, 0.25) is 0 Å². The van der Waals surface area contributed by atoms with Crippen molar-refractivity contribution in [3.63, 3.8) is 0 Å². The van der Waals surface area contributed by atoms with Gasteiger partial charge in [-0.3, -0.25) is 9.67 Å². The summed E-state index contributed by atoms with van der Waals surface area (Å²) in [4.78, 5) is 3.29. The summed E-state index contributed by atoms with van der Waals surface area (Å²) in [6.45, 7) is 0. The lowest BCUT2D eigenvalue weighted by molar-refractivity contribution is 0.906. The van der Waals surface area contributed by atoms with Crippen molar-refractivity contribution in [2.45, 2.75) is 6.42 Å². The number of aromatic nitrogens is 4. The smallest absolute Gasteiger partial charge is 0.199 e. The van der Waals surface area contributed by atoms with Gasteiger partial charge in [-0.05, 0) is 36.0 Å². The third-order valence-electron chi connectivity index (χ3n) is 3.86. The highest BCUT2D eigenvalue weighted by molar-refractivity contribution is 7.71. The maximum Gasteiger partial charge on any atom is 0.199 e. The maximum absolute atomic E-state index is 6.32. The van der Waals surface area contributed by atoms with E-state index in [1.807, 2.05) is 47.2 Å². The Morgan fingerprint density at radius 1 is 1.09 bits per heavy atom. The molecule has 2 aromatic heterocycles. The van der Waals surface area contributed by atoms with E-state index >= 15 is 0 Å². The average molecular weight is 341 g/mol. The van der Waals surface area contributed by atoms with Crippen molar-refractivity contribution < 1.29 is 0 Å². The minimum Gasteiger partial charge on any atom is -0.361 e. The third-order valence-corrected chi connectivity index (χ3v) is 4.45. The Kier molecular flexibility index (Phi) is 3.52. The average Bonchev–Trinajstić information content (AvgIpc) is 3.13. The van der Waals surface area contributed by atoms with Gasteiger partial charge in [-0.2, -0.15) is 5.10 Å². The molecule has 0 atom stereocenters. The SMILES string of the molecule is S=c1[nH]nc(Cc2c[nH]c3ccccc23)n1-c1ccccc1Cl. The van der Waals surface area contributed by atoms with Crippen LogP contribution in [0.5, 0.6) is 0 Å². The fourth-order valence-electron chi connectivity index (χ4n) is 2.78. The third kappa shape index (κ3) is 2.48. The molecule has 0 aliphatic rings. The fourth-order valence-corrected chi connectivity index (χ4v) is 3.25. The summed E-state index contributed by atoms with van der Waals surface area (Å²) >= 11 is 11.7. The van der Waals surface area contributed by atoms with Crippen molar-refractivity contribution in [1.82, 2.24) is 19.7 Å². The molecule has 2 aromatic carbocycles. The first kappa shape index (κ1) is 14.2. The first-order valence-corrected chi connectivity index (χ1v) is 7.99. The minimum atomic E-state index is 0.535. The van der Waals surface area contributed by atoms with Crippen LogP contribution in [0.15, 0.2) is 54.7 Å². The van der Waals surface area contributed by atoms with E-state index in [0.29, 0.717) is 16.2 Å². The summed E-state index contributed by atoms with van der Waals surface area (Å²) in [5.74, 6) is 0.827. The molecule has 114 valence electrons. The highest BCUT2D eigenvalue weighted by Crippen LogP contribution is 2.24. The molecule has 23 heavy (non-hydrogen) atoms. The molecule has 6 heteroatoms. The molecule has 0 saturated carbocycles. The molecular weight excluding hydrogens is 328 g/mol. The number of benzene rings is 2. The van der Waals surface area contributed by atoms with Crippen LogP contribution >= 0.6 is 23.8 Å². The molecule has 0 unspecified atom stereocenters.